The summed E-state index contributed by atoms with van der Waals surface area (Å²) < 4.78 is 24.5. The number of halogens is 1. The number of pyridine rings is 1. The number of rotatable bonds is 9. The summed E-state index contributed by atoms with van der Waals surface area (Å²) >= 11 is 0. The third-order valence-corrected chi connectivity index (χ3v) is 5.96. The van der Waals surface area contributed by atoms with Gasteiger partial charge in [0.15, 0.2) is 11.5 Å². The SMILES string of the molecule is COc1cc2c(N(C)c3ccc(/C(C)=N/OCc4ccc(F)cc4)cc3)c(C#N)cnc2cc1OC(C)C. The fourth-order valence-electron chi connectivity index (χ4n) is 4.03. The van der Waals surface area contributed by atoms with Crippen molar-refractivity contribution >= 4 is 28.0 Å². The molecule has 4 rings (SSSR count). The van der Waals surface area contributed by atoms with E-state index in [0.717, 1.165) is 22.2 Å². The van der Waals surface area contributed by atoms with E-state index in [1.54, 1.807) is 25.4 Å². The van der Waals surface area contributed by atoms with Crippen molar-refractivity contribution in [1.29, 1.82) is 5.26 Å². The van der Waals surface area contributed by atoms with Crippen LogP contribution in [0.15, 0.2) is 72.0 Å². The van der Waals surface area contributed by atoms with Crippen LogP contribution in [0.1, 0.15) is 37.5 Å². The average Bonchev–Trinajstić information content (AvgIpc) is 2.92. The summed E-state index contributed by atoms with van der Waals surface area (Å²) in [6, 6.07) is 19.9. The number of hydrogen-bond acceptors (Lipinski definition) is 7. The fraction of sp³-hybridized carbons (Fsp3) is 0.233. The van der Waals surface area contributed by atoms with E-state index in [4.69, 9.17) is 14.3 Å². The molecule has 0 aliphatic carbocycles. The zero-order valence-corrected chi connectivity index (χ0v) is 22.0. The van der Waals surface area contributed by atoms with Crippen molar-refractivity contribution < 1.29 is 18.7 Å². The van der Waals surface area contributed by atoms with Gasteiger partial charge in [-0.1, -0.05) is 29.4 Å². The molecule has 7 nitrogen and oxygen atoms in total. The first-order valence-corrected chi connectivity index (χ1v) is 12.1. The van der Waals surface area contributed by atoms with Gasteiger partial charge in [0, 0.05) is 30.4 Å². The van der Waals surface area contributed by atoms with E-state index in [1.807, 2.05) is 69.1 Å². The molecule has 38 heavy (non-hydrogen) atoms. The quantitative estimate of drug-likeness (QED) is 0.182. The number of oxime groups is 1. The Labute approximate surface area is 221 Å². The first kappa shape index (κ1) is 26.4. The number of fused-ring (bicyclic) bond motifs is 1. The molecular formula is C30H29FN4O3. The van der Waals surface area contributed by atoms with Gasteiger partial charge in [0.05, 0.1) is 35.7 Å². The summed E-state index contributed by atoms with van der Waals surface area (Å²) in [5.74, 6) is 0.881. The summed E-state index contributed by atoms with van der Waals surface area (Å²) in [6.45, 7) is 6.00. The van der Waals surface area contributed by atoms with Crippen LogP contribution >= 0.6 is 0 Å². The minimum atomic E-state index is -0.288. The number of benzene rings is 3. The molecule has 0 saturated heterocycles. The van der Waals surface area contributed by atoms with Crippen molar-refractivity contribution in [3.63, 3.8) is 0 Å². The Morgan fingerprint density at radius 2 is 1.79 bits per heavy atom. The monoisotopic (exact) mass is 512 g/mol. The maximum atomic E-state index is 13.1. The van der Waals surface area contributed by atoms with Crippen molar-refractivity contribution in [2.24, 2.45) is 5.16 Å². The number of hydrogen-bond donors (Lipinski definition) is 0. The highest BCUT2D eigenvalue weighted by Gasteiger charge is 2.18. The summed E-state index contributed by atoms with van der Waals surface area (Å²) in [7, 11) is 3.49. The van der Waals surface area contributed by atoms with Crippen LogP contribution in [0.2, 0.25) is 0 Å². The molecule has 0 amide bonds. The molecule has 0 aliphatic heterocycles. The van der Waals surface area contributed by atoms with Crippen molar-refractivity contribution in [2.75, 3.05) is 19.1 Å². The van der Waals surface area contributed by atoms with Gasteiger partial charge in [-0.2, -0.15) is 5.26 Å². The zero-order chi connectivity index (χ0) is 27.2. The molecule has 4 aromatic rings. The number of nitriles is 1. The molecule has 0 fully saturated rings. The lowest BCUT2D eigenvalue weighted by Gasteiger charge is -2.23. The molecule has 1 aromatic heterocycles. The van der Waals surface area contributed by atoms with Gasteiger partial charge in [0.2, 0.25) is 0 Å². The van der Waals surface area contributed by atoms with Crippen molar-refractivity contribution in [2.45, 2.75) is 33.5 Å². The van der Waals surface area contributed by atoms with E-state index in [9.17, 15) is 9.65 Å². The molecule has 0 saturated carbocycles. The average molecular weight is 513 g/mol. The van der Waals surface area contributed by atoms with Gasteiger partial charge in [0.25, 0.3) is 0 Å². The van der Waals surface area contributed by atoms with Crippen LogP contribution < -0.4 is 14.4 Å². The summed E-state index contributed by atoms with van der Waals surface area (Å²) in [6.07, 6.45) is 1.55. The third-order valence-electron chi connectivity index (χ3n) is 5.96. The lowest BCUT2D eigenvalue weighted by Crippen LogP contribution is -2.13. The number of ether oxygens (including phenoxy) is 2. The van der Waals surface area contributed by atoms with Gasteiger partial charge >= 0.3 is 0 Å². The van der Waals surface area contributed by atoms with Gasteiger partial charge in [-0.25, -0.2) is 4.39 Å². The first-order chi connectivity index (χ1) is 18.3. The summed E-state index contributed by atoms with van der Waals surface area (Å²) in [5.41, 5.74) is 5.15. The number of nitrogens with zero attached hydrogens (tertiary/aromatic N) is 4. The largest absolute Gasteiger partial charge is 0.493 e. The standard InChI is InChI=1S/C30H29FN4O3/c1-19(2)38-29-15-27-26(14-28(29)36-5)30(23(16-32)17-33-27)35(4)25-12-8-22(9-13-25)20(3)34-37-18-21-6-10-24(31)11-7-21/h6-15,17,19H,18H2,1-5H3/b34-20+. The third kappa shape index (κ3) is 5.84. The maximum Gasteiger partial charge on any atom is 0.163 e. The minimum absolute atomic E-state index is 0.0271. The van der Waals surface area contributed by atoms with Gasteiger partial charge in [-0.15, -0.1) is 0 Å². The van der Waals surface area contributed by atoms with Gasteiger partial charge in [-0.05, 0) is 62.2 Å². The van der Waals surface area contributed by atoms with Gasteiger partial charge < -0.3 is 19.2 Å². The zero-order valence-electron chi connectivity index (χ0n) is 22.0. The lowest BCUT2D eigenvalue weighted by molar-refractivity contribution is 0.130. The smallest absolute Gasteiger partial charge is 0.163 e. The number of methoxy groups -OCH3 is 1. The van der Waals surface area contributed by atoms with Crippen LogP contribution in [0.3, 0.4) is 0 Å². The Kier molecular flexibility index (Phi) is 8.07. The van der Waals surface area contributed by atoms with E-state index in [0.29, 0.717) is 34.0 Å². The molecule has 0 spiro atoms. The summed E-state index contributed by atoms with van der Waals surface area (Å²) in [5, 5.41) is 14.8. The Balaban J connectivity index is 1.60. The van der Waals surface area contributed by atoms with E-state index in [2.05, 4.69) is 16.2 Å². The molecule has 0 N–H and O–H groups in total. The second-order valence-electron chi connectivity index (χ2n) is 9.00. The van der Waals surface area contributed by atoms with Crippen LogP contribution in [0.25, 0.3) is 10.9 Å². The van der Waals surface area contributed by atoms with E-state index >= 15 is 0 Å². The van der Waals surface area contributed by atoms with Crippen LogP contribution in [0.5, 0.6) is 11.5 Å². The highest BCUT2D eigenvalue weighted by molar-refractivity contribution is 6.00. The Morgan fingerprint density at radius 3 is 2.42 bits per heavy atom. The topological polar surface area (TPSA) is 80.0 Å². The van der Waals surface area contributed by atoms with E-state index < -0.39 is 0 Å². The van der Waals surface area contributed by atoms with Gasteiger partial charge in [-0.3, -0.25) is 4.98 Å². The molecule has 3 aromatic carbocycles. The molecule has 0 bridgehead atoms. The highest BCUT2D eigenvalue weighted by Crippen LogP contribution is 2.39. The predicted octanol–water partition coefficient (Wildman–Crippen LogP) is 6.75. The summed E-state index contributed by atoms with van der Waals surface area (Å²) in [4.78, 5) is 11.9. The number of anilines is 2. The normalized spacial score (nSPS) is 11.4. The van der Waals surface area contributed by atoms with Crippen LogP contribution in [0.4, 0.5) is 15.8 Å². The highest BCUT2D eigenvalue weighted by atomic mass is 19.1. The molecule has 8 heteroatoms. The minimum Gasteiger partial charge on any atom is -0.493 e. The molecule has 0 unspecified atom stereocenters. The van der Waals surface area contributed by atoms with Crippen LogP contribution in [0, 0.1) is 17.1 Å². The first-order valence-electron chi connectivity index (χ1n) is 12.1. The molecule has 0 radical (unpaired) electrons. The Morgan fingerprint density at radius 1 is 1.08 bits per heavy atom. The van der Waals surface area contributed by atoms with Crippen LogP contribution in [-0.4, -0.2) is 31.0 Å². The molecule has 0 aliphatic rings. The molecule has 1 heterocycles. The predicted molar refractivity (Wildman–Crippen MR) is 147 cm³/mol. The van der Waals surface area contributed by atoms with E-state index in [1.165, 1.54) is 12.1 Å². The van der Waals surface area contributed by atoms with Gasteiger partial charge in [0.1, 0.15) is 18.5 Å². The molecular weight excluding hydrogens is 483 g/mol. The molecule has 194 valence electrons. The number of aromatic nitrogens is 1. The van der Waals surface area contributed by atoms with Crippen molar-refractivity contribution in [3.8, 4) is 17.6 Å². The van der Waals surface area contributed by atoms with Crippen molar-refractivity contribution in [1.82, 2.24) is 4.98 Å². The Bertz CT molecular complexity index is 1490. The fourth-order valence-corrected chi connectivity index (χ4v) is 4.03. The van der Waals surface area contributed by atoms with Crippen LogP contribution in [-0.2, 0) is 11.4 Å². The van der Waals surface area contributed by atoms with E-state index in [-0.39, 0.29) is 18.5 Å². The second-order valence-corrected chi connectivity index (χ2v) is 9.00. The van der Waals surface area contributed by atoms with Crippen molar-refractivity contribution in [3.05, 3.63) is 89.4 Å². The second kappa shape index (κ2) is 11.6. The lowest BCUT2D eigenvalue weighted by atomic mass is 10.1. The molecule has 0 atom stereocenters. The maximum absolute atomic E-state index is 13.1. The Hall–Kier alpha value is -4.64.